The molecule has 36 heavy (non-hydrogen) atoms. The summed E-state index contributed by atoms with van der Waals surface area (Å²) in [5.74, 6) is 1.25. The fourth-order valence-electron chi connectivity index (χ4n) is 5.07. The van der Waals surface area contributed by atoms with Crippen molar-refractivity contribution in [3.8, 4) is 5.82 Å². The van der Waals surface area contributed by atoms with E-state index in [-0.39, 0.29) is 5.69 Å². The Bertz CT molecular complexity index is 1440. The zero-order chi connectivity index (χ0) is 24.8. The Morgan fingerprint density at radius 2 is 2.06 bits per heavy atom. The molecule has 2 aliphatic heterocycles. The van der Waals surface area contributed by atoms with Crippen LogP contribution in [0.5, 0.6) is 0 Å². The van der Waals surface area contributed by atoms with Crippen molar-refractivity contribution in [2.75, 3.05) is 31.6 Å². The quantitative estimate of drug-likeness (QED) is 0.291. The number of aryl methyl sites for hydroxylation is 1. The maximum absolute atomic E-state index is 11.2. The van der Waals surface area contributed by atoms with E-state index in [9.17, 15) is 10.1 Å². The first kappa shape index (κ1) is 22.9. The smallest absolute Gasteiger partial charge is 0.270 e. The first-order valence-electron chi connectivity index (χ1n) is 11.9. The van der Waals surface area contributed by atoms with Gasteiger partial charge >= 0.3 is 0 Å². The van der Waals surface area contributed by atoms with Gasteiger partial charge in [0.2, 0.25) is 5.95 Å². The van der Waals surface area contributed by atoms with Crippen molar-refractivity contribution in [2.45, 2.75) is 31.7 Å². The van der Waals surface area contributed by atoms with E-state index in [1.807, 2.05) is 17.7 Å². The average molecular weight is 509 g/mol. The predicted molar refractivity (Wildman–Crippen MR) is 135 cm³/mol. The molecule has 2 N–H and O–H groups in total. The van der Waals surface area contributed by atoms with E-state index in [0.29, 0.717) is 28.7 Å². The molecule has 0 unspecified atom stereocenters. The van der Waals surface area contributed by atoms with Crippen LogP contribution in [-0.2, 0) is 4.74 Å². The summed E-state index contributed by atoms with van der Waals surface area (Å²) < 4.78 is 7.18. The molecular formula is C24H25ClN8O3. The second kappa shape index (κ2) is 9.16. The van der Waals surface area contributed by atoms with E-state index in [1.54, 1.807) is 24.5 Å². The Labute approximate surface area is 211 Å². The van der Waals surface area contributed by atoms with Crippen LogP contribution < -0.4 is 5.32 Å². The molecule has 12 heteroatoms. The first-order valence-corrected chi connectivity index (χ1v) is 12.3. The number of non-ortho nitro benzene ring substituents is 1. The highest BCUT2D eigenvalue weighted by molar-refractivity contribution is 6.32. The number of likely N-dealkylation sites (tertiary alicyclic amines) is 1. The van der Waals surface area contributed by atoms with Gasteiger partial charge < -0.3 is 10.1 Å². The number of hydrogen-bond donors (Lipinski definition) is 2. The van der Waals surface area contributed by atoms with Gasteiger partial charge in [-0.15, -0.1) is 0 Å². The van der Waals surface area contributed by atoms with E-state index >= 15 is 0 Å². The van der Waals surface area contributed by atoms with Crippen molar-refractivity contribution in [1.29, 1.82) is 0 Å². The number of nitrogens with one attached hydrogen (secondary N) is 2. The molecule has 0 radical (unpaired) electrons. The SMILES string of the molecule is Cc1cn(-c2nc(Nc3cn[nH]c3C3CCN(C4COC4)CC3)ncc2Cl)c2ccc([N+](=O)[O-])cc12. The maximum Gasteiger partial charge on any atom is 0.270 e. The van der Waals surface area contributed by atoms with Crippen molar-refractivity contribution in [3.63, 3.8) is 0 Å². The fraction of sp³-hybridized carbons (Fsp3) is 0.375. The lowest BCUT2D eigenvalue weighted by Crippen LogP contribution is -2.51. The number of ether oxygens (including phenoxy) is 1. The van der Waals surface area contributed by atoms with Crippen LogP contribution in [0.1, 0.15) is 30.0 Å². The minimum atomic E-state index is -0.399. The number of nitro benzene ring substituents is 1. The third kappa shape index (κ3) is 4.08. The minimum absolute atomic E-state index is 0.0406. The third-order valence-corrected chi connectivity index (χ3v) is 7.41. The Kier molecular flexibility index (Phi) is 5.82. The van der Waals surface area contributed by atoms with Gasteiger partial charge in [-0.3, -0.25) is 24.7 Å². The van der Waals surface area contributed by atoms with Crippen molar-refractivity contribution < 1.29 is 9.66 Å². The molecule has 11 nitrogen and oxygen atoms in total. The number of fused-ring (bicyclic) bond motifs is 1. The van der Waals surface area contributed by atoms with Crippen LogP contribution in [0.25, 0.3) is 16.7 Å². The van der Waals surface area contributed by atoms with Gasteiger partial charge in [0.15, 0.2) is 5.82 Å². The number of aromatic amines is 1. The Balaban J connectivity index is 1.26. The Hall–Kier alpha value is -3.54. The van der Waals surface area contributed by atoms with Gasteiger partial charge in [0.1, 0.15) is 5.02 Å². The van der Waals surface area contributed by atoms with E-state index in [1.165, 1.54) is 6.07 Å². The average Bonchev–Trinajstić information content (AvgIpc) is 3.44. The molecule has 0 amide bonds. The summed E-state index contributed by atoms with van der Waals surface area (Å²) in [5, 5.41) is 23.1. The monoisotopic (exact) mass is 508 g/mol. The van der Waals surface area contributed by atoms with Gasteiger partial charge in [-0.1, -0.05) is 11.6 Å². The molecule has 0 bridgehead atoms. The van der Waals surface area contributed by atoms with Crippen molar-refractivity contribution >= 4 is 39.8 Å². The van der Waals surface area contributed by atoms with Gasteiger partial charge in [-0.05, 0) is 44.5 Å². The molecule has 186 valence electrons. The Morgan fingerprint density at radius 3 is 2.78 bits per heavy atom. The number of piperidine rings is 1. The molecule has 6 rings (SSSR count). The zero-order valence-corrected chi connectivity index (χ0v) is 20.4. The summed E-state index contributed by atoms with van der Waals surface area (Å²) in [7, 11) is 0. The molecule has 2 aliphatic rings. The zero-order valence-electron chi connectivity index (χ0n) is 19.6. The second-order valence-electron chi connectivity index (χ2n) is 9.33. The summed E-state index contributed by atoms with van der Waals surface area (Å²) in [5.41, 5.74) is 3.60. The minimum Gasteiger partial charge on any atom is -0.378 e. The first-order chi connectivity index (χ1) is 17.5. The van der Waals surface area contributed by atoms with Crippen molar-refractivity contribution in [3.05, 3.63) is 63.2 Å². The third-order valence-electron chi connectivity index (χ3n) is 7.14. The van der Waals surface area contributed by atoms with Crippen LogP contribution in [0, 0.1) is 17.0 Å². The second-order valence-corrected chi connectivity index (χ2v) is 9.74. The molecular weight excluding hydrogens is 484 g/mol. The maximum atomic E-state index is 11.2. The number of aromatic nitrogens is 5. The van der Waals surface area contributed by atoms with Gasteiger partial charge in [0, 0.05) is 29.6 Å². The summed E-state index contributed by atoms with van der Waals surface area (Å²) in [4.78, 5) is 22.4. The standard InChI is InChI=1S/C24H25ClN8O3/c1-14-11-32(21-3-2-16(33(34)35)8-18(14)21)23-19(25)9-26-24(29-23)28-20-10-27-30-22(20)15-4-6-31(7-5-15)17-12-36-13-17/h2-3,8-11,15,17H,4-7,12-13H2,1H3,(H,27,30)(H,26,28,29). The van der Waals surface area contributed by atoms with Crippen molar-refractivity contribution in [2.24, 2.45) is 0 Å². The normalized spacial score (nSPS) is 17.4. The summed E-state index contributed by atoms with van der Waals surface area (Å²) in [6.45, 7) is 5.65. The largest absolute Gasteiger partial charge is 0.378 e. The topological polar surface area (TPSA) is 127 Å². The number of anilines is 2. The summed E-state index contributed by atoms with van der Waals surface area (Å²) in [6.07, 6.45) is 7.27. The molecule has 0 saturated carbocycles. The van der Waals surface area contributed by atoms with Gasteiger partial charge in [-0.25, -0.2) is 4.98 Å². The van der Waals surface area contributed by atoms with Crippen LogP contribution in [0.4, 0.5) is 17.3 Å². The number of benzene rings is 1. The number of halogens is 1. The molecule has 2 fully saturated rings. The van der Waals surface area contributed by atoms with E-state index in [0.717, 1.165) is 67.0 Å². The Morgan fingerprint density at radius 1 is 1.25 bits per heavy atom. The van der Waals surface area contributed by atoms with Crippen LogP contribution >= 0.6 is 11.6 Å². The predicted octanol–water partition coefficient (Wildman–Crippen LogP) is 4.34. The molecule has 2 saturated heterocycles. The summed E-state index contributed by atoms with van der Waals surface area (Å²) >= 11 is 6.50. The van der Waals surface area contributed by atoms with E-state index < -0.39 is 4.92 Å². The van der Waals surface area contributed by atoms with Crippen molar-refractivity contribution in [1.82, 2.24) is 29.6 Å². The van der Waals surface area contributed by atoms with Crippen LogP contribution in [0.3, 0.4) is 0 Å². The molecule has 0 spiro atoms. The molecule has 1 aromatic carbocycles. The molecule has 0 atom stereocenters. The highest BCUT2D eigenvalue weighted by atomic mass is 35.5. The number of rotatable bonds is 6. The molecule has 3 aromatic heterocycles. The van der Waals surface area contributed by atoms with E-state index in [4.69, 9.17) is 16.3 Å². The highest BCUT2D eigenvalue weighted by Crippen LogP contribution is 2.34. The van der Waals surface area contributed by atoms with Gasteiger partial charge in [0.25, 0.3) is 5.69 Å². The number of H-pyrrole nitrogens is 1. The van der Waals surface area contributed by atoms with Crippen LogP contribution in [0.15, 0.2) is 36.8 Å². The molecule has 0 aliphatic carbocycles. The lowest BCUT2D eigenvalue weighted by Gasteiger charge is -2.41. The summed E-state index contributed by atoms with van der Waals surface area (Å²) in [6, 6.07) is 5.32. The van der Waals surface area contributed by atoms with Gasteiger partial charge in [0.05, 0.1) is 53.5 Å². The number of nitro groups is 1. The van der Waals surface area contributed by atoms with Crippen LogP contribution in [0.2, 0.25) is 5.02 Å². The van der Waals surface area contributed by atoms with Crippen LogP contribution in [-0.4, -0.2) is 66.9 Å². The lowest BCUT2D eigenvalue weighted by atomic mass is 9.92. The highest BCUT2D eigenvalue weighted by Gasteiger charge is 2.31. The number of hydrogen-bond acceptors (Lipinski definition) is 8. The fourth-order valence-corrected chi connectivity index (χ4v) is 5.26. The van der Waals surface area contributed by atoms with Gasteiger partial charge in [-0.2, -0.15) is 10.1 Å². The molecule has 5 heterocycles. The van der Waals surface area contributed by atoms with E-state index in [2.05, 4.69) is 30.4 Å². The molecule has 4 aromatic rings. The number of nitrogens with zero attached hydrogens (tertiary/aromatic N) is 6. The lowest BCUT2D eigenvalue weighted by molar-refractivity contribution is -0.384.